The van der Waals surface area contributed by atoms with Crippen molar-refractivity contribution in [2.45, 2.75) is 122 Å². The molecule has 2 bridgehead atoms. The molecule has 0 aromatic rings. The first-order chi connectivity index (χ1) is 32.2. The van der Waals surface area contributed by atoms with E-state index in [4.69, 9.17) is 77.0 Å². The molecule has 69 heavy (non-hydrogen) atoms. The topological polar surface area (TPSA) is 265 Å². The molecule has 0 aromatic heterocycles. The van der Waals surface area contributed by atoms with E-state index in [0.29, 0.717) is 184 Å². The zero-order valence-electron chi connectivity index (χ0n) is 46.9. The summed E-state index contributed by atoms with van der Waals surface area (Å²) in [6, 6.07) is 0. The van der Waals surface area contributed by atoms with Crippen molar-refractivity contribution in [3.05, 3.63) is 0 Å². The normalized spacial score (nSPS) is 32.5. The van der Waals surface area contributed by atoms with Crippen molar-refractivity contribution in [2.75, 3.05) is 165 Å². The molecule has 2 fully saturated rings. The summed E-state index contributed by atoms with van der Waals surface area (Å²) in [6.45, 7) is 36.7. The second-order valence-electron chi connectivity index (χ2n) is 25.6. The van der Waals surface area contributed by atoms with E-state index in [9.17, 15) is 0 Å². The summed E-state index contributed by atoms with van der Waals surface area (Å²) in [4.78, 5) is 0. The predicted octanol–water partition coefficient (Wildman–Crippen LogP) is 4.93. The molecule has 16 nitrogen and oxygen atoms in total. The molecule has 2 saturated heterocycles. The molecule has 0 aromatic carbocycles. The van der Waals surface area contributed by atoms with Crippen LogP contribution in [0.2, 0.25) is 0 Å². The standard InChI is InChI=1S/C52H108N6O9.CH5N/c1-43(2,3)25-47(31-53)27-49(33-55)29-51(35-57,45(7,8)9)41-66-23-17-61-18-24-67-42-52(36-58,46(10,11)12)30-50(34-56,40-65-22-16-60-15-21-64-39-49)28-48(32-54,26-44(4,5)6)38-63-20-14-59-13-19-62-37-47;1-2/h13-42,53-58H2,1-12H3;2H2,1H3. The van der Waals surface area contributed by atoms with E-state index in [2.05, 4.69) is 88.8 Å². The van der Waals surface area contributed by atoms with E-state index >= 15 is 0 Å². The van der Waals surface area contributed by atoms with Crippen molar-refractivity contribution in [2.24, 2.45) is 94.3 Å². The second kappa shape index (κ2) is 30.7. The van der Waals surface area contributed by atoms with Crippen LogP contribution in [0, 0.1) is 54.1 Å². The molecule has 2 heterocycles. The maximum Gasteiger partial charge on any atom is 0.0701 e. The monoisotopic (exact) mass is 992 g/mol. The number of hydrogen-bond acceptors (Lipinski definition) is 16. The van der Waals surface area contributed by atoms with Gasteiger partial charge in [-0.1, -0.05) is 83.1 Å². The van der Waals surface area contributed by atoms with Gasteiger partial charge >= 0.3 is 0 Å². The molecule has 0 saturated carbocycles. The van der Waals surface area contributed by atoms with Gasteiger partial charge in [-0.05, 0) is 67.2 Å². The van der Waals surface area contributed by atoms with Gasteiger partial charge in [0.2, 0.25) is 0 Å². The van der Waals surface area contributed by atoms with Gasteiger partial charge in [0.25, 0.3) is 0 Å². The fraction of sp³-hybridized carbons (Fsp3) is 1.00. The van der Waals surface area contributed by atoms with Gasteiger partial charge in [0.1, 0.15) is 0 Å². The van der Waals surface area contributed by atoms with Gasteiger partial charge in [0.15, 0.2) is 0 Å². The van der Waals surface area contributed by atoms with Crippen molar-refractivity contribution < 1.29 is 42.6 Å². The van der Waals surface area contributed by atoms with Gasteiger partial charge < -0.3 is 82.8 Å². The minimum absolute atomic E-state index is 0.0479. The molecule has 0 aliphatic carbocycles. The Labute approximate surface area is 422 Å². The Bertz CT molecular complexity index is 1250. The molecule has 2 aliphatic rings. The number of rotatable bonds is 8. The minimum Gasteiger partial charge on any atom is -0.378 e. The summed E-state index contributed by atoms with van der Waals surface area (Å²) in [7, 11) is 1.50. The van der Waals surface area contributed by atoms with Crippen LogP contribution in [0.5, 0.6) is 0 Å². The molecular weight excluding hydrogens is 879 g/mol. The molecule has 6 atom stereocenters. The highest BCUT2D eigenvalue weighted by atomic mass is 16.6. The first-order valence-electron chi connectivity index (χ1n) is 26.2. The lowest BCUT2D eigenvalue weighted by atomic mass is 9.55. The summed E-state index contributed by atoms with van der Waals surface area (Å²) >= 11 is 0. The largest absolute Gasteiger partial charge is 0.378 e. The lowest BCUT2D eigenvalue weighted by Gasteiger charge is -2.52. The lowest BCUT2D eigenvalue weighted by molar-refractivity contribution is -0.112. The van der Waals surface area contributed by atoms with E-state index in [0.717, 1.165) is 12.8 Å². The summed E-state index contributed by atoms with van der Waals surface area (Å²) in [6.07, 6.45) is 4.33. The van der Waals surface area contributed by atoms with Gasteiger partial charge in [-0.25, -0.2) is 0 Å². The zero-order valence-corrected chi connectivity index (χ0v) is 46.9. The minimum atomic E-state index is -0.528. The van der Waals surface area contributed by atoms with E-state index < -0.39 is 32.5 Å². The average Bonchev–Trinajstić information content (AvgIpc) is 3.26. The van der Waals surface area contributed by atoms with Crippen molar-refractivity contribution in [3.8, 4) is 0 Å². The fourth-order valence-corrected chi connectivity index (χ4v) is 11.4. The number of nitrogens with two attached hydrogens (primary N) is 7. The van der Waals surface area contributed by atoms with Crippen LogP contribution in [0.1, 0.15) is 122 Å². The lowest BCUT2D eigenvalue weighted by Crippen LogP contribution is -2.55. The van der Waals surface area contributed by atoms with Crippen molar-refractivity contribution >= 4 is 0 Å². The van der Waals surface area contributed by atoms with Crippen LogP contribution >= 0.6 is 0 Å². The summed E-state index contributed by atoms with van der Waals surface area (Å²) in [5.41, 5.74) is 42.5. The molecule has 2 rings (SSSR count). The molecule has 0 amide bonds. The number of ether oxygens (including phenoxy) is 9. The molecule has 0 radical (unpaired) electrons. The Morgan fingerprint density at radius 3 is 0.768 bits per heavy atom. The van der Waals surface area contributed by atoms with Crippen molar-refractivity contribution in [1.82, 2.24) is 0 Å². The van der Waals surface area contributed by atoms with Crippen molar-refractivity contribution in [3.63, 3.8) is 0 Å². The predicted molar refractivity (Wildman–Crippen MR) is 282 cm³/mol. The van der Waals surface area contributed by atoms with Gasteiger partial charge in [-0.15, -0.1) is 0 Å². The quantitative estimate of drug-likeness (QED) is 0.159. The molecule has 414 valence electrons. The van der Waals surface area contributed by atoms with Gasteiger partial charge in [0.05, 0.1) is 119 Å². The van der Waals surface area contributed by atoms with E-state index in [-0.39, 0.29) is 21.7 Å². The third kappa shape index (κ3) is 22.4. The fourth-order valence-electron chi connectivity index (χ4n) is 11.4. The Kier molecular flexibility index (Phi) is 29.5. The Hall–Kier alpha value is -0.640. The molecule has 6 unspecified atom stereocenters. The number of hydrogen-bond donors (Lipinski definition) is 7. The van der Waals surface area contributed by atoms with Crippen molar-refractivity contribution in [1.29, 1.82) is 0 Å². The summed E-state index contributed by atoms with van der Waals surface area (Å²) in [5.74, 6) is 0. The van der Waals surface area contributed by atoms with E-state index in [1.807, 2.05) is 0 Å². The molecule has 14 N–H and O–H groups in total. The van der Waals surface area contributed by atoms with Crippen LogP contribution in [-0.2, 0) is 42.6 Å². The third-order valence-electron chi connectivity index (χ3n) is 15.1. The maximum atomic E-state index is 6.99. The zero-order chi connectivity index (χ0) is 52.6. The number of fused-ring (bicyclic) bond motifs is 10. The van der Waals surface area contributed by atoms with Crippen LogP contribution in [0.3, 0.4) is 0 Å². The Morgan fingerprint density at radius 1 is 0.304 bits per heavy atom. The van der Waals surface area contributed by atoms with Crippen LogP contribution in [0.25, 0.3) is 0 Å². The maximum absolute atomic E-state index is 6.99. The van der Waals surface area contributed by atoms with Crippen LogP contribution in [-0.4, -0.2) is 165 Å². The van der Waals surface area contributed by atoms with Gasteiger partial charge in [-0.3, -0.25) is 0 Å². The second-order valence-corrected chi connectivity index (χ2v) is 25.6. The van der Waals surface area contributed by atoms with E-state index in [1.54, 1.807) is 0 Å². The average molecular weight is 993 g/mol. The van der Waals surface area contributed by atoms with Crippen LogP contribution in [0.15, 0.2) is 0 Å². The van der Waals surface area contributed by atoms with Crippen LogP contribution < -0.4 is 40.1 Å². The Balaban J connectivity index is 0.0000117. The summed E-state index contributed by atoms with van der Waals surface area (Å²) in [5, 5.41) is 0. The first-order valence-corrected chi connectivity index (χ1v) is 26.2. The molecule has 0 spiro atoms. The first kappa shape index (κ1) is 66.4. The highest BCUT2D eigenvalue weighted by Crippen LogP contribution is 2.53. The van der Waals surface area contributed by atoms with Gasteiger partial charge in [0, 0.05) is 71.8 Å². The highest BCUT2D eigenvalue weighted by molar-refractivity contribution is 5.03. The van der Waals surface area contributed by atoms with Gasteiger partial charge in [-0.2, -0.15) is 0 Å². The van der Waals surface area contributed by atoms with E-state index in [1.165, 1.54) is 7.05 Å². The molecular formula is C53H113N7O9. The third-order valence-corrected chi connectivity index (χ3v) is 15.1. The SMILES string of the molecule is CC(C)(C)CC1(CN)COCCOCCOCC(CN)(CC(C)(C)C)CC2(CN)COCCOCCOCC(CN)(C1)CC(CN)(C(C)(C)C)COCCOCCOCC(CN)(C(C)(C)C)C2.CN. The smallest absolute Gasteiger partial charge is 0.0701 e. The Morgan fingerprint density at radius 2 is 0.551 bits per heavy atom. The molecule has 2 aliphatic heterocycles. The van der Waals surface area contributed by atoms with Crippen LogP contribution in [0.4, 0.5) is 0 Å². The summed E-state index contributed by atoms with van der Waals surface area (Å²) < 4.78 is 58.0. The highest BCUT2D eigenvalue weighted by Gasteiger charge is 2.52. The molecule has 16 heteroatoms.